The number of likely N-dealkylation sites (tertiary alicyclic amines) is 1. The van der Waals surface area contributed by atoms with Crippen LogP contribution in [-0.4, -0.2) is 34.7 Å². The molecule has 1 N–H and O–H groups in total. The van der Waals surface area contributed by atoms with Gasteiger partial charge in [-0.05, 0) is 44.2 Å². The van der Waals surface area contributed by atoms with E-state index in [4.69, 9.17) is 4.42 Å². The van der Waals surface area contributed by atoms with Crippen LogP contribution in [0.2, 0.25) is 0 Å². The monoisotopic (exact) mass is 308 g/mol. The topological polar surface area (TPSA) is 54.2 Å². The Morgan fingerprint density at radius 3 is 2.73 bits per heavy atom. The average molecular weight is 308 g/mol. The van der Waals surface area contributed by atoms with Crippen LogP contribution in [0.25, 0.3) is 0 Å². The second-order valence-corrected chi connectivity index (χ2v) is 7.58. The maximum absolute atomic E-state index is 6.04. The summed E-state index contributed by atoms with van der Waals surface area (Å²) in [4.78, 5) is 2.50. The molecule has 1 aromatic rings. The van der Waals surface area contributed by atoms with E-state index in [-0.39, 0.29) is 6.04 Å². The standard InChI is InChI=1S/C17H32N4O/c1-6-10-18-13(7-2)15-19-20-16(22-15)14-9-8-11-21(14)12-17(3,4)5/h13-14,18H,6-12H2,1-5H3/t13?,14-/m0/s1. The van der Waals surface area contributed by atoms with Crippen LogP contribution in [0.1, 0.15) is 84.2 Å². The normalized spacial score (nSPS) is 21.4. The number of hydrogen-bond donors (Lipinski definition) is 1. The second kappa shape index (κ2) is 7.55. The predicted octanol–water partition coefficient (Wildman–Crippen LogP) is 3.70. The van der Waals surface area contributed by atoms with Crippen molar-refractivity contribution in [2.45, 2.75) is 72.4 Å². The molecule has 126 valence electrons. The maximum Gasteiger partial charge on any atom is 0.233 e. The first-order valence-electron chi connectivity index (χ1n) is 8.75. The molecule has 5 nitrogen and oxygen atoms in total. The van der Waals surface area contributed by atoms with Gasteiger partial charge in [-0.1, -0.05) is 34.6 Å². The molecule has 2 rings (SSSR count). The molecule has 1 fully saturated rings. The van der Waals surface area contributed by atoms with Gasteiger partial charge in [0, 0.05) is 6.54 Å². The molecule has 0 aromatic carbocycles. The third kappa shape index (κ3) is 4.53. The zero-order valence-electron chi connectivity index (χ0n) is 14.9. The van der Waals surface area contributed by atoms with E-state index in [9.17, 15) is 0 Å². The first-order chi connectivity index (χ1) is 10.4. The van der Waals surface area contributed by atoms with Crippen LogP contribution < -0.4 is 5.32 Å². The molecular formula is C17H32N4O. The van der Waals surface area contributed by atoms with E-state index in [2.05, 4.69) is 55.0 Å². The zero-order valence-corrected chi connectivity index (χ0v) is 14.9. The average Bonchev–Trinajstić information content (AvgIpc) is 3.07. The first kappa shape index (κ1) is 17.4. The van der Waals surface area contributed by atoms with Gasteiger partial charge in [-0.15, -0.1) is 10.2 Å². The summed E-state index contributed by atoms with van der Waals surface area (Å²) in [5.74, 6) is 1.54. The number of nitrogens with zero attached hydrogens (tertiary/aromatic N) is 3. The van der Waals surface area contributed by atoms with Gasteiger partial charge in [-0.2, -0.15) is 0 Å². The Hall–Kier alpha value is -0.940. The lowest BCUT2D eigenvalue weighted by Gasteiger charge is -2.29. The summed E-state index contributed by atoms with van der Waals surface area (Å²) in [6.07, 6.45) is 4.41. The number of aromatic nitrogens is 2. The van der Waals surface area contributed by atoms with Crippen LogP contribution >= 0.6 is 0 Å². The molecule has 1 aliphatic heterocycles. The summed E-state index contributed by atoms with van der Waals surface area (Å²) in [5.41, 5.74) is 0.292. The van der Waals surface area contributed by atoms with Crippen molar-refractivity contribution in [1.82, 2.24) is 20.4 Å². The van der Waals surface area contributed by atoms with Crippen molar-refractivity contribution in [3.05, 3.63) is 11.8 Å². The predicted molar refractivity (Wildman–Crippen MR) is 88.6 cm³/mol. The van der Waals surface area contributed by atoms with E-state index < -0.39 is 0 Å². The second-order valence-electron chi connectivity index (χ2n) is 7.58. The van der Waals surface area contributed by atoms with Crippen molar-refractivity contribution in [1.29, 1.82) is 0 Å². The molecule has 0 aliphatic carbocycles. The molecule has 0 bridgehead atoms. The SMILES string of the molecule is CCCNC(CC)c1nnc([C@@H]2CCCN2CC(C)(C)C)o1. The quantitative estimate of drug-likeness (QED) is 0.832. The number of nitrogens with one attached hydrogen (secondary N) is 1. The van der Waals surface area contributed by atoms with Crippen LogP contribution in [0.5, 0.6) is 0 Å². The number of rotatable bonds is 7. The van der Waals surface area contributed by atoms with Gasteiger partial charge in [-0.3, -0.25) is 4.90 Å². The molecule has 0 amide bonds. The molecule has 1 aliphatic rings. The molecular weight excluding hydrogens is 276 g/mol. The first-order valence-corrected chi connectivity index (χ1v) is 8.75. The fraction of sp³-hybridized carbons (Fsp3) is 0.882. The van der Waals surface area contributed by atoms with Gasteiger partial charge in [0.2, 0.25) is 11.8 Å². The number of hydrogen-bond acceptors (Lipinski definition) is 5. The van der Waals surface area contributed by atoms with Gasteiger partial charge < -0.3 is 9.73 Å². The van der Waals surface area contributed by atoms with Gasteiger partial charge in [0.1, 0.15) is 0 Å². The molecule has 0 spiro atoms. The summed E-state index contributed by atoms with van der Waals surface area (Å²) in [7, 11) is 0. The minimum absolute atomic E-state index is 0.179. The Kier molecular flexibility index (Phi) is 5.98. The minimum atomic E-state index is 0.179. The molecule has 22 heavy (non-hydrogen) atoms. The summed E-state index contributed by atoms with van der Waals surface area (Å²) >= 11 is 0. The molecule has 0 radical (unpaired) electrons. The van der Waals surface area contributed by atoms with Crippen molar-refractivity contribution in [3.63, 3.8) is 0 Å². The summed E-state index contributed by atoms with van der Waals surface area (Å²) in [6.45, 7) is 14.3. The highest BCUT2D eigenvalue weighted by Crippen LogP contribution is 2.34. The lowest BCUT2D eigenvalue weighted by molar-refractivity contribution is 0.157. The molecule has 2 atom stereocenters. The van der Waals surface area contributed by atoms with Crippen molar-refractivity contribution in [2.24, 2.45) is 5.41 Å². The van der Waals surface area contributed by atoms with Gasteiger partial charge in [0.15, 0.2) is 0 Å². The van der Waals surface area contributed by atoms with Crippen molar-refractivity contribution >= 4 is 0 Å². The Bertz CT molecular complexity index is 452. The third-order valence-electron chi connectivity index (χ3n) is 4.13. The molecule has 1 saturated heterocycles. The van der Waals surface area contributed by atoms with Crippen molar-refractivity contribution in [3.8, 4) is 0 Å². The molecule has 1 aromatic heterocycles. The Balaban J connectivity index is 2.06. The zero-order chi connectivity index (χ0) is 16.2. The van der Waals surface area contributed by atoms with E-state index in [1.807, 2.05) is 0 Å². The van der Waals surface area contributed by atoms with Crippen molar-refractivity contribution < 1.29 is 4.42 Å². The lowest BCUT2D eigenvalue weighted by Crippen LogP contribution is -2.32. The maximum atomic E-state index is 6.04. The smallest absolute Gasteiger partial charge is 0.233 e. The van der Waals surface area contributed by atoms with Gasteiger partial charge in [0.25, 0.3) is 0 Å². The fourth-order valence-corrected chi connectivity index (χ4v) is 3.15. The molecule has 0 saturated carbocycles. The Morgan fingerprint density at radius 1 is 1.32 bits per heavy atom. The molecule has 2 heterocycles. The highest BCUT2D eigenvalue weighted by atomic mass is 16.4. The summed E-state index contributed by atoms with van der Waals surface area (Å²) in [5, 5.41) is 12.1. The largest absolute Gasteiger partial charge is 0.422 e. The molecule has 5 heteroatoms. The lowest BCUT2D eigenvalue weighted by atomic mass is 9.96. The van der Waals surface area contributed by atoms with Gasteiger partial charge in [-0.25, -0.2) is 0 Å². The highest BCUT2D eigenvalue weighted by molar-refractivity contribution is 4.98. The van der Waals surface area contributed by atoms with Crippen LogP contribution in [0.3, 0.4) is 0 Å². The third-order valence-corrected chi connectivity index (χ3v) is 4.13. The van der Waals surface area contributed by atoms with Crippen LogP contribution in [0.15, 0.2) is 4.42 Å². The van der Waals surface area contributed by atoms with E-state index in [1.54, 1.807) is 0 Å². The van der Waals surface area contributed by atoms with E-state index >= 15 is 0 Å². The summed E-state index contributed by atoms with van der Waals surface area (Å²) in [6, 6.07) is 0.475. The van der Waals surface area contributed by atoms with E-state index in [1.165, 1.54) is 6.42 Å². The van der Waals surface area contributed by atoms with Crippen molar-refractivity contribution in [2.75, 3.05) is 19.6 Å². The van der Waals surface area contributed by atoms with E-state index in [0.29, 0.717) is 11.5 Å². The highest BCUT2D eigenvalue weighted by Gasteiger charge is 2.33. The summed E-state index contributed by atoms with van der Waals surface area (Å²) < 4.78 is 6.04. The van der Waals surface area contributed by atoms with Gasteiger partial charge >= 0.3 is 0 Å². The van der Waals surface area contributed by atoms with Crippen LogP contribution in [0.4, 0.5) is 0 Å². The van der Waals surface area contributed by atoms with E-state index in [0.717, 1.165) is 50.7 Å². The minimum Gasteiger partial charge on any atom is -0.422 e. The Morgan fingerprint density at radius 2 is 2.09 bits per heavy atom. The fourth-order valence-electron chi connectivity index (χ4n) is 3.15. The van der Waals surface area contributed by atoms with Crippen LogP contribution in [-0.2, 0) is 0 Å². The molecule has 1 unspecified atom stereocenters. The van der Waals surface area contributed by atoms with Gasteiger partial charge in [0.05, 0.1) is 12.1 Å². The Labute approximate surface area is 134 Å². The van der Waals surface area contributed by atoms with Crippen LogP contribution in [0, 0.1) is 5.41 Å².